The molecule has 0 heterocycles. The summed E-state index contributed by atoms with van der Waals surface area (Å²) in [6, 6.07) is 16.0. The third-order valence-corrected chi connectivity index (χ3v) is 3.77. The number of benzene rings is 2. The fraction of sp³-hybridized carbons (Fsp3) is 0.316. The molecule has 0 saturated heterocycles. The third kappa shape index (κ3) is 4.10. The van der Waals surface area contributed by atoms with Crippen molar-refractivity contribution in [2.24, 2.45) is 0 Å². The molecule has 3 nitrogen and oxygen atoms in total. The first-order valence-electron chi connectivity index (χ1n) is 7.62. The maximum absolute atomic E-state index is 12.3. The maximum Gasteiger partial charge on any atom is 0.224 e. The topological polar surface area (TPSA) is 38.3 Å². The number of aryl methyl sites for hydroxylation is 1. The van der Waals surface area contributed by atoms with Gasteiger partial charge in [0.05, 0.1) is 19.6 Å². The number of amides is 1. The van der Waals surface area contributed by atoms with Gasteiger partial charge in [-0.05, 0) is 36.1 Å². The summed E-state index contributed by atoms with van der Waals surface area (Å²) in [5.41, 5.74) is 3.19. The Kier molecular flexibility index (Phi) is 5.59. The Balaban J connectivity index is 2.01. The van der Waals surface area contributed by atoms with Crippen LogP contribution < -0.4 is 10.1 Å². The molecule has 2 aromatic carbocycles. The van der Waals surface area contributed by atoms with Gasteiger partial charge in [0.2, 0.25) is 5.91 Å². The number of rotatable bonds is 6. The van der Waals surface area contributed by atoms with Crippen LogP contribution in [0.15, 0.2) is 48.5 Å². The van der Waals surface area contributed by atoms with Crippen molar-refractivity contribution in [3.63, 3.8) is 0 Å². The van der Waals surface area contributed by atoms with Crippen molar-refractivity contribution in [2.45, 2.75) is 32.7 Å². The van der Waals surface area contributed by atoms with Crippen LogP contribution in [0.3, 0.4) is 0 Å². The summed E-state index contributed by atoms with van der Waals surface area (Å²) in [5, 5.41) is 3.11. The molecule has 116 valence electrons. The average molecular weight is 297 g/mol. The van der Waals surface area contributed by atoms with Crippen LogP contribution in [-0.2, 0) is 11.2 Å². The van der Waals surface area contributed by atoms with Gasteiger partial charge in [-0.15, -0.1) is 0 Å². The van der Waals surface area contributed by atoms with Gasteiger partial charge in [0, 0.05) is 0 Å². The quantitative estimate of drug-likeness (QED) is 0.880. The van der Waals surface area contributed by atoms with Gasteiger partial charge in [-0.1, -0.05) is 49.4 Å². The van der Waals surface area contributed by atoms with E-state index in [0.29, 0.717) is 6.42 Å². The van der Waals surface area contributed by atoms with E-state index in [2.05, 4.69) is 12.2 Å². The molecule has 1 atom stereocenters. The van der Waals surface area contributed by atoms with Crippen molar-refractivity contribution < 1.29 is 9.53 Å². The number of hydrogen-bond donors (Lipinski definition) is 1. The Hall–Kier alpha value is -2.29. The van der Waals surface area contributed by atoms with Gasteiger partial charge in [-0.3, -0.25) is 4.79 Å². The fourth-order valence-corrected chi connectivity index (χ4v) is 2.59. The Bertz CT molecular complexity index is 623. The summed E-state index contributed by atoms with van der Waals surface area (Å²) in [4.78, 5) is 12.3. The van der Waals surface area contributed by atoms with E-state index >= 15 is 0 Å². The Morgan fingerprint density at radius 3 is 2.50 bits per heavy atom. The van der Waals surface area contributed by atoms with Gasteiger partial charge in [0.25, 0.3) is 0 Å². The zero-order valence-corrected chi connectivity index (χ0v) is 13.4. The lowest BCUT2D eigenvalue weighted by Crippen LogP contribution is -2.29. The molecule has 22 heavy (non-hydrogen) atoms. The van der Waals surface area contributed by atoms with E-state index in [1.54, 1.807) is 7.11 Å². The monoisotopic (exact) mass is 297 g/mol. The molecule has 0 saturated carbocycles. The Labute approximate surface area is 132 Å². The number of ether oxygens (including phenoxy) is 1. The molecule has 0 aliphatic carbocycles. The van der Waals surface area contributed by atoms with Gasteiger partial charge in [-0.2, -0.15) is 0 Å². The SMILES string of the molecule is CC[C@@H](NC(=O)Cc1ccc(OC)c(C)c1)c1ccccc1. The highest BCUT2D eigenvalue weighted by molar-refractivity contribution is 5.79. The summed E-state index contributed by atoms with van der Waals surface area (Å²) in [6.07, 6.45) is 1.26. The minimum Gasteiger partial charge on any atom is -0.496 e. The molecule has 0 radical (unpaired) electrons. The zero-order chi connectivity index (χ0) is 15.9. The highest BCUT2D eigenvalue weighted by Gasteiger charge is 2.13. The highest BCUT2D eigenvalue weighted by atomic mass is 16.5. The van der Waals surface area contributed by atoms with Crippen LogP contribution >= 0.6 is 0 Å². The molecule has 2 rings (SSSR count). The van der Waals surface area contributed by atoms with E-state index in [1.807, 2.05) is 55.5 Å². The number of hydrogen-bond acceptors (Lipinski definition) is 2. The van der Waals surface area contributed by atoms with Gasteiger partial charge in [0.1, 0.15) is 5.75 Å². The van der Waals surface area contributed by atoms with Gasteiger partial charge in [0.15, 0.2) is 0 Å². The van der Waals surface area contributed by atoms with Crippen LogP contribution in [0.25, 0.3) is 0 Å². The van der Waals surface area contributed by atoms with Crippen LogP contribution in [0.1, 0.15) is 36.1 Å². The maximum atomic E-state index is 12.3. The van der Waals surface area contributed by atoms with Crippen LogP contribution in [0.5, 0.6) is 5.75 Å². The van der Waals surface area contributed by atoms with E-state index in [1.165, 1.54) is 0 Å². The third-order valence-electron chi connectivity index (χ3n) is 3.77. The van der Waals surface area contributed by atoms with Crippen molar-refractivity contribution >= 4 is 5.91 Å². The minimum absolute atomic E-state index is 0.0419. The largest absolute Gasteiger partial charge is 0.496 e. The first kappa shape index (κ1) is 16.1. The predicted molar refractivity (Wildman–Crippen MR) is 89.1 cm³/mol. The molecule has 3 heteroatoms. The smallest absolute Gasteiger partial charge is 0.224 e. The summed E-state index contributed by atoms with van der Waals surface area (Å²) in [7, 11) is 1.65. The molecular formula is C19H23NO2. The molecule has 0 aromatic heterocycles. The molecule has 1 N–H and O–H groups in total. The average Bonchev–Trinajstić information content (AvgIpc) is 2.53. The number of carbonyl (C=O) groups is 1. The van der Waals surface area contributed by atoms with Crippen LogP contribution in [-0.4, -0.2) is 13.0 Å². The highest BCUT2D eigenvalue weighted by Crippen LogP contribution is 2.20. The fourth-order valence-electron chi connectivity index (χ4n) is 2.59. The lowest BCUT2D eigenvalue weighted by Gasteiger charge is -2.17. The molecule has 0 aliphatic rings. The second-order valence-electron chi connectivity index (χ2n) is 5.42. The molecule has 2 aromatic rings. The van der Waals surface area contributed by atoms with Crippen molar-refractivity contribution in [2.75, 3.05) is 7.11 Å². The summed E-state index contributed by atoms with van der Waals surface area (Å²) >= 11 is 0. The molecule has 0 bridgehead atoms. The standard InChI is InChI=1S/C19H23NO2/c1-4-17(16-8-6-5-7-9-16)20-19(21)13-15-10-11-18(22-3)14(2)12-15/h5-12,17H,4,13H2,1-3H3,(H,20,21)/t17-/m1/s1. The van der Waals surface area contributed by atoms with E-state index < -0.39 is 0 Å². The van der Waals surface area contributed by atoms with Gasteiger partial charge < -0.3 is 10.1 Å². The normalized spacial score (nSPS) is 11.8. The van der Waals surface area contributed by atoms with Gasteiger partial charge >= 0.3 is 0 Å². The molecule has 0 aliphatic heterocycles. The molecule has 1 amide bonds. The van der Waals surface area contributed by atoms with Crippen LogP contribution in [0.4, 0.5) is 0 Å². The second-order valence-corrected chi connectivity index (χ2v) is 5.42. The van der Waals surface area contributed by atoms with Gasteiger partial charge in [-0.25, -0.2) is 0 Å². The van der Waals surface area contributed by atoms with E-state index in [0.717, 1.165) is 28.9 Å². The minimum atomic E-state index is 0.0419. The number of nitrogens with one attached hydrogen (secondary N) is 1. The molecule has 0 spiro atoms. The molecular weight excluding hydrogens is 274 g/mol. The van der Waals surface area contributed by atoms with Crippen molar-refractivity contribution in [3.8, 4) is 5.75 Å². The first-order valence-corrected chi connectivity index (χ1v) is 7.62. The Morgan fingerprint density at radius 1 is 1.18 bits per heavy atom. The van der Waals surface area contributed by atoms with E-state index in [4.69, 9.17) is 4.74 Å². The Morgan fingerprint density at radius 2 is 1.91 bits per heavy atom. The number of carbonyl (C=O) groups excluding carboxylic acids is 1. The molecule has 0 fully saturated rings. The van der Waals surface area contributed by atoms with Crippen LogP contribution in [0.2, 0.25) is 0 Å². The lowest BCUT2D eigenvalue weighted by atomic mass is 10.0. The van der Waals surface area contributed by atoms with Crippen molar-refractivity contribution in [1.29, 1.82) is 0 Å². The lowest BCUT2D eigenvalue weighted by molar-refractivity contribution is -0.121. The van der Waals surface area contributed by atoms with Crippen molar-refractivity contribution in [3.05, 3.63) is 65.2 Å². The van der Waals surface area contributed by atoms with Crippen molar-refractivity contribution in [1.82, 2.24) is 5.32 Å². The second kappa shape index (κ2) is 7.64. The predicted octanol–water partition coefficient (Wildman–Crippen LogP) is 3.81. The zero-order valence-electron chi connectivity index (χ0n) is 13.4. The molecule has 0 unspecified atom stereocenters. The summed E-state index contributed by atoms with van der Waals surface area (Å²) < 4.78 is 5.24. The number of methoxy groups -OCH3 is 1. The van der Waals surface area contributed by atoms with E-state index in [-0.39, 0.29) is 11.9 Å². The summed E-state index contributed by atoms with van der Waals surface area (Å²) in [5.74, 6) is 0.889. The first-order chi connectivity index (χ1) is 10.6. The van der Waals surface area contributed by atoms with Crippen LogP contribution in [0, 0.1) is 6.92 Å². The van der Waals surface area contributed by atoms with E-state index in [9.17, 15) is 4.79 Å². The summed E-state index contributed by atoms with van der Waals surface area (Å²) in [6.45, 7) is 4.06.